The smallest absolute Gasteiger partial charge is 0.253 e. The van der Waals surface area contributed by atoms with Crippen molar-refractivity contribution >= 4 is 17.3 Å². The van der Waals surface area contributed by atoms with Crippen LogP contribution in [0.25, 0.3) is 0 Å². The van der Waals surface area contributed by atoms with Crippen molar-refractivity contribution in [1.29, 1.82) is 0 Å². The van der Waals surface area contributed by atoms with Crippen LogP contribution in [0.1, 0.15) is 29.6 Å². The van der Waals surface area contributed by atoms with Crippen molar-refractivity contribution in [2.75, 3.05) is 44.9 Å². The second-order valence-corrected chi connectivity index (χ2v) is 5.84. The van der Waals surface area contributed by atoms with Crippen molar-refractivity contribution in [3.8, 4) is 0 Å². The molecule has 1 aliphatic rings. The number of nitrogens with zero attached hydrogens (tertiary/aromatic N) is 2. The molecule has 2 N–H and O–H groups in total. The third-order valence-electron chi connectivity index (χ3n) is 3.84. The van der Waals surface area contributed by atoms with E-state index in [-0.39, 0.29) is 12.0 Å². The molecule has 1 aromatic carbocycles. The van der Waals surface area contributed by atoms with Crippen LogP contribution in [0, 0.1) is 0 Å². The maximum Gasteiger partial charge on any atom is 0.253 e. The summed E-state index contributed by atoms with van der Waals surface area (Å²) in [4.78, 5) is 15.6. The molecule has 1 fully saturated rings. The van der Waals surface area contributed by atoms with Crippen LogP contribution in [-0.2, 0) is 4.74 Å². The normalized spacial score (nSPS) is 18.3. The molecule has 1 amide bonds. The predicted octanol–water partition coefficient (Wildman–Crippen LogP) is 1.98. The van der Waals surface area contributed by atoms with Crippen LogP contribution in [0.3, 0.4) is 0 Å². The van der Waals surface area contributed by atoms with E-state index in [1.165, 1.54) is 6.42 Å². The first-order valence-electron chi connectivity index (χ1n) is 7.43. The fourth-order valence-electron chi connectivity index (χ4n) is 2.65. The molecule has 0 bridgehead atoms. The maximum atomic E-state index is 11.9. The molecule has 1 unspecified atom stereocenters. The van der Waals surface area contributed by atoms with E-state index >= 15 is 0 Å². The molecule has 0 saturated carbocycles. The Kier molecular flexibility index (Phi) is 5.07. The number of amides is 1. The predicted molar refractivity (Wildman–Crippen MR) is 85.7 cm³/mol. The highest BCUT2D eigenvalue weighted by Crippen LogP contribution is 2.25. The summed E-state index contributed by atoms with van der Waals surface area (Å²) in [6.07, 6.45) is 3.75. The van der Waals surface area contributed by atoms with Gasteiger partial charge >= 0.3 is 0 Å². The number of likely N-dealkylation sites (N-methyl/N-ethyl adjacent to an activating group) is 1. The molecule has 1 atom stereocenters. The number of hydrogen-bond donors (Lipinski definition) is 1. The number of nitrogens with two attached hydrogens (primary N) is 1. The second-order valence-electron chi connectivity index (χ2n) is 5.84. The largest absolute Gasteiger partial charge is 0.397 e. The Balaban J connectivity index is 2.07. The molecule has 5 nitrogen and oxygen atoms in total. The average Bonchev–Trinajstić information content (AvgIpc) is 2.47. The Bertz CT molecular complexity index is 496. The molecule has 21 heavy (non-hydrogen) atoms. The minimum Gasteiger partial charge on any atom is -0.397 e. The zero-order valence-corrected chi connectivity index (χ0v) is 13.1. The summed E-state index contributed by atoms with van der Waals surface area (Å²) in [5.74, 6) is -0.0356. The highest BCUT2D eigenvalue weighted by Gasteiger charge is 2.18. The van der Waals surface area contributed by atoms with Gasteiger partial charge < -0.3 is 20.3 Å². The fraction of sp³-hybridized carbons (Fsp3) is 0.562. The zero-order chi connectivity index (χ0) is 15.4. The molecule has 1 aliphatic heterocycles. The highest BCUT2D eigenvalue weighted by molar-refractivity contribution is 5.95. The first-order valence-corrected chi connectivity index (χ1v) is 7.43. The van der Waals surface area contributed by atoms with Crippen LogP contribution in [-0.4, -0.2) is 51.2 Å². The molecule has 0 spiro atoms. The third-order valence-corrected chi connectivity index (χ3v) is 3.84. The summed E-state index contributed by atoms with van der Waals surface area (Å²) in [7, 11) is 5.48. The maximum absolute atomic E-state index is 11.9. The van der Waals surface area contributed by atoms with Gasteiger partial charge in [-0.3, -0.25) is 4.79 Å². The summed E-state index contributed by atoms with van der Waals surface area (Å²) in [5.41, 5.74) is 8.30. The SMILES string of the molecule is CN(C)C(=O)c1ccc(N(C)CC2CCCCO2)c(N)c1. The summed E-state index contributed by atoms with van der Waals surface area (Å²) in [6, 6.07) is 5.48. The van der Waals surface area contributed by atoms with E-state index in [1.807, 2.05) is 19.2 Å². The third kappa shape index (κ3) is 3.88. The van der Waals surface area contributed by atoms with Crippen molar-refractivity contribution in [2.24, 2.45) is 0 Å². The molecule has 1 aromatic rings. The first kappa shape index (κ1) is 15.6. The summed E-state index contributed by atoms with van der Waals surface area (Å²) >= 11 is 0. The van der Waals surface area contributed by atoms with Crippen LogP contribution >= 0.6 is 0 Å². The van der Waals surface area contributed by atoms with Gasteiger partial charge in [0, 0.05) is 39.9 Å². The van der Waals surface area contributed by atoms with Crippen LogP contribution in [0.5, 0.6) is 0 Å². The summed E-state index contributed by atoms with van der Waals surface area (Å²) in [6.45, 7) is 1.68. The lowest BCUT2D eigenvalue weighted by molar-refractivity contribution is 0.0216. The number of ether oxygens (including phenoxy) is 1. The average molecular weight is 291 g/mol. The number of benzene rings is 1. The van der Waals surface area contributed by atoms with Crippen molar-refractivity contribution in [2.45, 2.75) is 25.4 Å². The van der Waals surface area contributed by atoms with Gasteiger partial charge in [-0.25, -0.2) is 0 Å². The number of carbonyl (C=O) groups excluding carboxylic acids is 1. The van der Waals surface area contributed by atoms with Crippen molar-refractivity contribution in [1.82, 2.24) is 4.90 Å². The zero-order valence-electron chi connectivity index (χ0n) is 13.1. The Morgan fingerprint density at radius 2 is 2.10 bits per heavy atom. The quantitative estimate of drug-likeness (QED) is 0.862. The number of rotatable bonds is 4. The van der Waals surface area contributed by atoms with Gasteiger partial charge in [0.25, 0.3) is 5.91 Å². The van der Waals surface area contributed by atoms with Gasteiger partial charge in [-0.15, -0.1) is 0 Å². The highest BCUT2D eigenvalue weighted by atomic mass is 16.5. The molecule has 0 aromatic heterocycles. The molecule has 5 heteroatoms. The topological polar surface area (TPSA) is 58.8 Å². The standard InChI is InChI=1S/C16H25N3O2/c1-18(2)16(20)12-7-8-15(14(17)10-12)19(3)11-13-6-4-5-9-21-13/h7-8,10,13H,4-6,9,11,17H2,1-3H3. The van der Waals surface area contributed by atoms with Crippen molar-refractivity contribution < 1.29 is 9.53 Å². The molecule has 116 valence electrons. The summed E-state index contributed by atoms with van der Waals surface area (Å²) < 4.78 is 5.76. The molecular weight excluding hydrogens is 266 g/mol. The molecule has 1 heterocycles. The van der Waals surface area contributed by atoms with Gasteiger partial charge in [0.05, 0.1) is 17.5 Å². The first-order chi connectivity index (χ1) is 9.99. The van der Waals surface area contributed by atoms with Crippen LogP contribution in [0.2, 0.25) is 0 Å². The van der Waals surface area contributed by atoms with E-state index in [0.29, 0.717) is 11.3 Å². The van der Waals surface area contributed by atoms with E-state index in [4.69, 9.17) is 10.5 Å². The molecule has 1 saturated heterocycles. The van der Waals surface area contributed by atoms with Gasteiger partial charge in [0.15, 0.2) is 0 Å². The van der Waals surface area contributed by atoms with Crippen LogP contribution in [0.15, 0.2) is 18.2 Å². The Hall–Kier alpha value is -1.75. The van der Waals surface area contributed by atoms with E-state index < -0.39 is 0 Å². The lowest BCUT2D eigenvalue weighted by atomic mass is 10.1. The van der Waals surface area contributed by atoms with Crippen molar-refractivity contribution in [3.63, 3.8) is 0 Å². The number of hydrogen-bond acceptors (Lipinski definition) is 4. The minimum atomic E-state index is -0.0356. The minimum absolute atomic E-state index is 0.0356. The van der Waals surface area contributed by atoms with Crippen molar-refractivity contribution in [3.05, 3.63) is 23.8 Å². The van der Waals surface area contributed by atoms with E-state index in [9.17, 15) is 4.79 Å². The van der Waals surface area contributed by atoms with Crippen LogP contribution < -0.4 is 10.6 Å². The van der Waals surface area contributed by atoms with E-state index in [1.54, 1.807) is 25.1 Å². The molecular formula is C16H25N3O2. The molecule has 0 aliphatic carbocycles. The van der Waals surface area contributed by atoms with Gasteiger partial charge in [-0.1, -0.05) is 0 Å². The van der Waals surface area contributed by atoms with Crippen LogP contribution in [0.4, 0.5) is 11.4 Å². The number of anilines is 2. The monoisotopic (exact) mass is 291 g/mol. The number of carbonyl (C=O) groups is 1. The van der Waals surface area contributed by atoms with Gasteiger partial charge in [0.2, 0.25) is 0 Å². The second kappa shape index (κ2) is 6.80. The van der Waals surface area contributed by atoms with E-state index in [2.05, 4.69) is 4.90 Å². The van der Waals surface area contributed by atoms with Gasteiger partial charge in [0.1, 0.15) is 0 Å². The lowest BCUT2D eigenvalue weighted by Gasteiger charge is -2.29. The Morgan fingerprint density at radius 1 is 1.33 bits per heavy atom. The lowest BCUT2D eigenvalue weighted by Crippen LogP contribution is -2.33. The van der Waals surface area contributed by atoms with E-state index in [0.717, 1.165) is 31.7 Å². The summed E-state index contributed by atoms with van der Waals surface area (Å²) in [5, 5.41) is 0. The number of nitrogen functional groups attached to an aromatic ring is 1. The van der Waals surface area contributed by atoms with Gasteiger partial charge in [-0.05, 0) is 37.5 Å². The fourth-order valence-corrected chi connectivity index (χ4v) is 2.65. The molecule has 0 radical (unpaired) electrons. The Labute approximate surface area is 126 Å². The molecule has 2 rings (SSSR count). The Morgan fingerprint density at radius 3 is 2.67 bits per heavy atom. The van der Waals surface area contributed by atoms with Gasteiger partial charge in [-0.2, -0.15) is 0 Å².